The minimum absolute atomic E-state index is 0.264. The Hall–Kier alpha value is -0.260. The van der Waals surface area contributed by atoms with Gasteiger partial charge in [0.2, 0.25) is 0 Å². The molecule has 5 heteroatoms. The lowest BCUT2D eigenvalue weighted by molar-refractivity contribution is 0.160. The van der Waals surface area contributed by atoms with Crippen molar-refractivity contribution in [1.29, 1.82) is 0 Å². The van der Waals surface area contributed by atoms with E-state index in [9.17, 15) is 5.11 Å². The molecule has 1 fully saturated rings. The summed E-state index contributed by atoms with van der Waals surface area (Å²) in [6, 6.07) is 0.568. The number of aromatic nitrogens is 1. The number of thiazole rings is 1. The van der Waals surface area contributed by atoms with Crippen molar-refractivity contribution in [2.75, 3.05) is 23.0 Å². The lowest BCUT2D eigenvalue weighted by atomic mass is 10.0. The van der Waals surface area contributed by atoms with Crippen LogP contribution < -0.4 is 4.90 Å². The molecular formula is C12H18N2OS2. The third-order valence-electron chi connectivity index (χ3n) is 3.52. The topological polar surface area (TPSA) is 36.4 Å². The number of aliphatic hydroxyl groups excluding tert-OH is 1. The Labute approximate surface area is 110 Å². The summed E-state index contributed by atoms with van der Waals surface area (Å²) in [5.41, 5.74) is 1.15. The van der Waals surface area contributed by atoms with Crippen LogP contribution in [0.25, 0.3) is 0 Å². The summed E-state index contributed by atoms with van der Waals surface area (Å²) < 4.78 is 0. The van der Waals surface area contributed by atoms with Crippen molar-refractivity contribution in [2.45, 2.75) is 38.3 Å². The van der Waals surface area contributed by atoms with Crippen molar-refractivity contribution < 1.29 is 5.11 Å². The third-order valence-corrected chi connectivity index (χ3v) is 5.95. The van der Waals surface area contributed by atoms with Gasteiger partial charge in [-0.25, -0.2) is 4.98 Å². The zero-order valence-corrected chi connectivity index (χ0v) is 11.7. The molecule has 1 aromatic rings. The Bertz CT molecular complexity index is 407. The van der Waals surface area contributed by atoms with E-state index in [1.54, 1.807) is 11.3 Å². The molecule has 0 spiro atoms. The highest BCUT2D eigenvalue weighted by Crippen LogP contribution is 2.38. The molecule has 2 aliphatic rings. The van der Waals surface area contributed by atoms with E-state index in [0.29, 0.717) is 6.04 Å². The summed E-state index contributed by atoms with van der Waals surface area (Å²) in [6.45, 7) is 3.36. The number of hydrogen-bond acceptors (Lipinski definition) is 5. The minimum Gasteiger partial charge on any atom is -0.388 e. The van der Waals surface area contributed by atoms with Crippen molar-refractivity contribution in [3.05, 3.63) is 10.6 Å². The van der Waals surface area contributed by atoms with Crippen LogP contribution in [-0.4, -0.2) is 34.2 Å². The first-order chi connectivity index (χ1) is 8.25. The van der Waals surface area contributed by atoms with E-state index >= 15 is 0 Å². The Morgan fingerprint density at radius 2 is 2.35 bits per heavy atom. The Kier molecular flexibility index (Phi) is 3.32. The van der Waals surface area contributed by atoms with Crippen LogP contribution in [0, 0.1) is 0 Å². The van der Waals surface area contributed by atoms with Gasteiger partial charge in [0.25, 0.3) is 0 Å². The van der Waals surface area contributed by atoms with Gasteiger partial charge in [0.05, 0.1) is 16.7 Å². The number of fused-ring (bicyclic) bond motifs is 1. The van der Waals surface area contributed by atoms with Gasteiger partial charge >= 0.3 is 0 Å². The number of aliphatic hydroxyl groups is 1. The lowest BCUT2D eigenvalue weighted by Gasteiger charge is -2.32. The van der Waals surface area contributed by atoms with Crippen LogP contribution in [0.2, 0.25) is 0 Å². The second-order valence-electron chi connectivity index (χ2n) is 4.83. The maximum atomic E-state index is 9.99. The standard InChI is InChI=1S/C12H18N2OS2/c1-8-7-16-6-5-14(8)12-13-9-3-2-4-10(15)11(9)17-12/h8,10,15H,2-7H2,1H3. The van der Waals surface area contributed by atoms with E-state index in [1.165, 1.54) is 11.5 Å². The molecule has 17 heavy (non-hydrogen) atoms. The molecule has 0 bridgehead atoms. The van der Waals surface area contributed by atoms with Gasteiger partial charge in [-0.15, -0.1) is 0 Å². The summed E-state index contributed by atoms with van der Waals surface area (Å²) in [4.78, 5) is 8.28. The predicted octanol–water partition coefficient (Wildman–Crippen LogP) is 2.45. The molecule has 1 aromatic heterocycles. The van der Waals surface area contributed by atoms with E-state index in [4.69, 9.17) is 4.98 Å². The van der Waals surface area contributed by atoms with Crippen molar-refractivity contribution in [1.82, 2.24) is 4.98 Å². The van der Waals surface area contributed by atoms with Crippen molar-refractivity contribution >= 4 is 28.2 Å². The van der Waals surface area contributed by atoms with Gasteiger partial charge in [0.1, 0.15) is 0 Å². The molecule has 2 atom stereocenters. The van der Waals surface area contributed by atoms with E-state index in [2.05, 4.69) is 11.8 Å². The average molecular weight is 270 g/mol. The minimum atomic E-state index is -0.264. The van der Waals surface area contributed by atoms with Crippen LogP contribution in [0.5, 0.6) is 0 Å². The third kappa shape index (κ3) is 2.20. The molecular weight excluding hydrogens is 252 g/mol. The molecule has 3 nitrogen and oxygen atoms in total. The fraction of sp³-hybridized carbons (Fsp3) is 0.750. The van der Waals surface area contributed by atoms with E-state index in [0.717, 1.165) is 41.5 Å². The fourth-order valence-electron chi connectivity index (χ4n) is 2.52. The summed E-state index contributed by atoms with van der Waals surface area (Å²) in [6.07, 6.45) is 2.75. The quantitative estimate of drug-likeness (QED) is 0.850. The van der Waals surface area contributed by atoms with Crippen LogP contribution in [0.3, 0.4) is 0 Å². The molecule has 1 saturated heterocycles. The molecule has 2 heterocycles. The zero-order valence-electron chi connectivity index (χ0n) is 10.1. The monoisotopic (exact) mass is 270 g/mol. The molecule has 0 radical (unpaired) electrons. The first-order valence-electron chi connectivity index (χ1n) is 6.28. The first-order valence-corrected chi connectivity index (χ1v) is 8.25. The van der Waals surface area contributed by atoms with Crippen LogP contribution in [0.15, 0.2) is 0 Å². The summed E-state index contributed by atoms with van der Waals surface area (Å²) >= 11 is 3.73. The second-order valence-corrected chi connectivity index (χ2v) is 6.99. The largest absolute Gasteiger partial charge is 0.388 e. The van der Waals surface area contributed by atoms with Crippen molar-refractivity contribution in [3.63, 3.8) is 0 Å². The summed E-state index contributed by atoms with van der Waals surface area (Å²) in [5, 5.41) is 11.1. The van der Waals surface area contributed by atoms with Gasteiger partial charge in [-0.3, -0.25) is 0 Å². The molecule has 0 amide bonds. The highest BCUT2D eigenvalue weighted by molar-refractivity contribution is 7.99. The smallest absolute Gasteiger partial charge is 0.186 e. The molecule has 1 aliphatic carbocycles. The lowest BCUT2D eigenvalue weighted by Crippen LogP contribution is -2.40. The van der Waals surface area contributed by atoms with Crippen LogP contribution in [0.1, 0.15) is 36.4 Å². The molecule has 3 rings (SSSR count). The van der Waals surface area contributed by atoms with E-state index in [1.807, 2.05) is 11.8 Å². The van der Waals surface area contributed by atoms with Crippen molar-refractivity contribution in [2.24, 2.45) is 0 Å². The molecule has 0 aromatic carbocycles. The van der Waals surface area contributed by atoms with Crippen LogP contribution >= 0.6 is 23.1 Å². The van der Waals surface area contributed by atoms with Gasteiger partial charge in [0, 0.05) is 24.1 Å². The molecule has 1 aliphatic heterocycles. The normalized spacial score (nSPS) is 29.2. The van der Waals surface area contributed by atoms with E-state index < -0.39 is 0 Å². The van der Waals surface area contributed by atoms with Gasteiger partial charge in [-0.05, 0) is 26.2 Å². The van der Waals surface area contributed by atoms with E-state index in [-0.39, 0.29) is 6.10 Å². The average Bonchev–Trinajstić information content (AvgIpc) is 2.75. The number of hydrogen-bond donors (Lipinski definition) is 1. The van der Waals surface area contributed by atoms with Gasteiger partial charge < -0.3 is 10.0 Å². The SMILES string of the molecule is CC1CSCCN1c1nc2c(s1)C(O)CCC2. The zero-order chi connectivity index (χ0) is 11.8. The Morgan fingerprint density at radius 1 is 1.47 bits per heavy atom. The number of rotatable bonds is 1. The predicted molar refractivity (Wildman–Crippen MR) is 74.1 cm³/mol. The number of thioether (sulfide) groups is 1. The fourth-order valence-corrected chi connectivity index (χ4v) is 4.79. The highest BCUT2D eigenvalue weighted by atomic mass is 32.2. The van der Waals surface area contributed by atoms with Gasteiger partial charge in [-0.2, -0.15) is 11.8 Å². The molecule has 94 valence electrons. The molecule has 0 saturated carbocycles. The number of anilines is 1. The number of aryl methyl sites for hydroxylation is 1. The maximum absolute atomic E-state index is 9.99. The summed E-state index contributed by atoms with van der Waals surface area (Å²) in [5.74, 6) is 2.38. The highest BCUT2D eigenvalue weighted by Gasteiger charge is 2.27. The number of nitrogens with zero attached hydrogens (tertiary/aromatic N) is 2. The molecule has 1 N–H and O–H groups in total. The maximum Gasteiger partial charge on any atom is 0.186 e. The Balaban J connectivity index is 1.88. The molecule has 2 unspecified atom stereocenters. The van der Waals surface area contributed by atoms with Crippen LogP contribution in [0.4, 0.5) is 5.13 Å². The Morgan fingerprint density at radius 3 is 3.12 bits per heavy atom. The first kappa shape index (κ1) is 11.8. The van der Waals surface area contributed by atoms with Crippen molar-refractivity contribution in [3.8, 4) is 0 Å². The second kappa shape index (κ2) is 4.78. The van der Waals surface area contributed by atoms with Gasteiger partial charge in [-0.1, -0.05) is 11.3 Å². The summed E-state index contributed by atoms with van der Waals surface area (Å²) in [7, 11) is 0. The van der Waals surface area contributed by atoms with Crippen LogP contribution in [-0.2, 0) is 6.42 Å². The van der Waals surface area contributed by atoms with Gasteiger partial charge in [0.15, 0.2) is 5.13 Å².